The number of anilines is 1. The Balaban J connectivity index is 2.68. The molecule has 1 unspecified atom stereocenters. The zero-order chi connectivity index (χ0) is 16.3. The Kier molecular flexibility index (Phi) is 4.91. The Labute approximate surface area is 131 Å². The normalized spacial score (nSPS) is 12.4. The molecule has 0 saturated carbocycles. The zero-order valence-corrected chi connectivity index (χ0v) is 13.7. The van der Waals surface area contributed by atoms with Crippen molar-refractivity contribution in [2.24, 2.45) is 0 Å². The molecule has 0 saturated heterocycles. The first-order chi connectivity index (χ1) is 10.5. The van der Waals surface area contributed by atoms with Gasteiger partial charge in [0, 0.05) is 11.6 Å². The number of nitrogens with zero attached hydrogens (tertiary/aromatic N) is 1. The second kappa shape index (κ2) is 6.69. The summed E-state index contributed by atoms with van der Waals surface area (Å²) in [4.78, 5) is 12.5. The van der Waals surface area contributed by atoms with Gasteiger partial charge in [0.05, 0.1) is 17.5 Å². The van der Waals surface area contributed by atoms with Crippen molar-refractivity contribution in [2.75, 3.05) is 5.73 Å². The Morgan fingerprint density at radius 1 is 1.14 bits per heavy atom. The van der Waals surface area contributed by atoms with Crippen LogP contribution in [0.5, 0.6) is 5.75 Å². The standard InChI is InChI=1S/C18H24N2O2/c1-5-13(4)20-16(11-10-15(19)18(20)21)14-8-6-7-9-17(14)22-12(2)3/h6-13H,5,19H2,1-4H3. The molecule has 1 aromatic carbocycles. The second-order valence-corrected chi connectivity index (χ2v) is 5.77. The molecule has 0 fully saturated rings. The molecule has 0 aliphatic rings. The van der Waals surface area contributed by atoms with Gasteiger partial charge in [0.15, 0.2) is 0 Å². The van der Waals surface area contributed by atoms with Crippen molar-refractivity contribution in [1.29, 1.82) is 0 Å². The molecule has 2 aromatic rings. The van der Waals surface area contributed by atoms with Crippen LogP contribution in [0.15, 0.2) is 41.2 Å². The topological polar surface area (TPSA) is 57.2 Å². The monoisotopic (exact) mass is 300 g/mol. The van der Waals surface area contributed by atoms with E-state index in [-0.39, 0.29) is 23.4 Å². The number of hydrogen-bond donors (Lipinski definition) is 1. The third-order valence-corrected chi connectivity index (χ3v) is 3.70. The molecular weight excluding hydrogens is 276 g/mol. The Morgan fingerprint density at radius 2 is 1.82 bits per heavy atom. The highest BCUT2D eigenvalue weighted by molar-refractivity contribution is 5.68. The molecule has 2 N–H and O–H groups in total. The summed E-state index contributed by atoms with van der Waals surface area (Å²) in [5, 5.41) is 0. The van der Waals surface area contributed by atoms with E-state index in [0.29, 0.717) is 0 Å². The maximum absolute atomic E-state index is 12.5. The Hall–Kier alpha value is -2.23. The van der Waals surface area contributed by atoms with Gasteiger partial charge in [0.1, 0.15) is 5.75 Å². The maximum Gasteiger partial charge on any atom is 0.274 e. The Morgan fingerprint density at radius 3 is 2.45 bits per heavy atom. The fourth-order valence-corrected chi connectivity index (χ4v) is 2.44. The average molecular weight is 300 g/mol. The van der Waals surface area contributed by atoms with E-state index < -0.39 is 0 Å². The van der Waals surface area contributed by atoms with Gasteiger partial charge in [-0.2, -0.15) is 0 Å². The van der Waals surface area contributed by atoms with Crippen LogP contribution in [0.3, 0.4) is 0 Å². The lowest BCUT2D eigenvalue weighted by molar-refractivity contribution is 0.243. The second-order valence-electron chi connectivity index (χ2n) is 5.77. The van der Waals surface area contributed by atoms with E-state index in [1.54, 1.807) is 10.6 Å². The van der Waals surface area contributed by atoms with Crippen LogP contribution in [0, 0.1) is 0 Å². The first kappa shape index (κ1) is 16.1. The minimum Gasteiger partial charge on any atom is -0.490 e. The predicted octanol–water partition coefficient (Wildman–Crippen LogP) is 3.86. The highest BCUT2D eigenvalue weighted by atomic mass is 16.5. The fourth-order valence-electron chi connectivity index (χ4n) is 2.44. The van der Waals surface area contributed by atoms with Gasteiger partial charge in [-0.15, -0.1) is 0 Å². The van der Waals surface area contributed by atoms with E-state index in [0.717, 1.165) is 23.4 Å². The molecule has 4 heteroatoms. The molecule has 0 aliphatic heterocycles. The van der Waals surface area contributed by atoms with Crippen LogP contribution < -0.4 is 16.0 Å². The van der Waals surface area contributed by atoms with Crippen LogP contribution in [-0.2, 0) is 0 Å². The summed E-state index contributed by atoms with van der Waals surface area (Å²) < 4.78 is 7.65. The lowest BCUT2D eigenvalue weighted by atomic mass is 10.1. The number of aromatic nitrogens is 1. The average Bonchev–Trinajstić information content (AvgIpc) is 2.49. The third kappa shape index (κ3) is 3.16. The van der Waals surface area contributed by atoms with Crippen LogP contribution >= 0.6 is 0 Å². The van der Waals surface area contributed by atoms with Crippen LogP contribution in [-0.4, -0.2) is 10.7 Å². The molecule has 0 spiro atoms. The molecule has 1 aromatic heterocycles. The molecule has 0 radical (unpaired) electrons. The summed E-state index contributed by atoms with van der Waals surface area (Å²) in [7, 11) is 0. The molecule has 22 heavy (non-hydrogen) atoms. The molecule has 4 nitrogen and oxygen atoms in total. The highest BCUT2D eigenvalue weighted by Gasteiger charge is 2.16. The summed E-state index contributed by atoms with van der Waals surface area (Å²) in [5.41, 5.74) is 7.69. The number of ether oxygens (including phenoxy) is 1. The largest absolute Gasteiger partial charge is 0.490 e. The Bertz CT molecular complexity index is 704. The molecular formula is C18H24N2O2. The summed E-state index contributed by atoms with van der Waals surface area (Å²) in [6, 6.07) is 11.4. The van der Waals surface area contributed by atoms with Crippen LogP contribution in [0.1, 0.15) is 40.2 Å². The summed E-state index contributed by atoms with van der Waals surface area (Å²) >= 11 is 0. The van der Waals surface area contributed by atoms with Crippen molar-refractivity contribution < 1.29 is 4.74 Å². The third-order valence-electron chi connectivity index (χ3n) is 3.70. The molecule has 1 atom stereocenters. The minimum atomic E-state index is -0.147. The number of benzene rings is 1. The van der Waals surface area contributed by atoms with E-state index in [9.17, 15) is 4.79 Å². The number of para-hydroxylation sites is 1. The number of rotatable bonds is 5. The van der Waals surface area contributed by atoms with Gasteiger partial charge in [0.2, 0.25) is 0 Å². The number of nitrogen functional groups attached to an aromatic ring is 1. The van der Waals surface area contributed by atoms with E-state index in [4.69, 9.17) is 10.5 Å². The smallest absolute Gasteiger partial charge is 0.274 e. The van der Waals surface area contributed by atoms with Gasteiger partial charge in [-0.25, -0.2) is 0 Å². The van der Waals surface area contributed by atoms with Crippen molar-refractivity contribution >= 4 is 5.69 Å². The van der Waals surface area contributed by atoms with Crippen molar-refractivity contribution in [3.05, 3.63) is 46.8 Å². The van der Waals surface area contributed by atoms with Crippen LogP contribution in [0.4, 0.5) is 5.69 Å². The number of hydrogen-bond acceptors (Lipinski definition) is 3. The molecule has 118 valence electrons. The van der Waals surface area contributed by atoms with Crippen LogP contribution in [0.2, 0.25) is 0 Å². The van der Waals surface area contributed by atoms with E-state index in [2.05, 4.69) is 6.92 Å². The maximum atomic E-state index is 12.5. The lowest BCUT2D eigenvalue weighted by Crippen LogP contribution is -2.26. The van der Waals surface area contributed by atoms with Crippen molar-refractivity contribution in [2.45, 2.75) is 46.3 Å². The predicted molar refractivity (Wildman–Crippen MR) is 91.3 cm³/mol. The van der Waals surface area contributed by atoms with Gasteiger partial charge in [-0.05, 0) is 51.5 Å². The van der Waals surface area contributed by atoms with E-state index >= 15 is 0 Å². The quantitative estimate of drug-likeness (QED) is 0.912. The summed E-state index contributed by atoms with van der Waals surface area (Å²) in [6.07, 6.45) is 0.919. The van der Waals surface area contributed by atoms with Crippen molar-refractivity contribution in [3.63, 3.8) is 0 Å². The molecule has 0 bridgehead atoms. The summed E-state index contributed by atoms with van der Waals surface area (Å²) in [5.74, 6) is 0.777. The number of nitrogens with two attached hydrogens (primary N) is 1. The van der Waals surface area contributed by atoms with Crippen molar-refractivity contribution in [3.8, 4) is 17.0 Å². The van der Waals surface area contributed by atoms with Crippen molar-refractivity contribution in [1.82, 2.24) is 4.57 Å². The molecule has 2 rings (SSSR count). The van der Waals surface area contributed by atoms with E-state index in [1.807, 2.05) is 51.1 Å². The van der Waals surface area contributed by atoms with Crippen LogP contribution in [0.25, 0.3) is 11.3 Å². The lowest BCUT2D eigenvalue weighted by Gasteiger charge is -2.21. The molecule has 0 aliphatic carbocycles. The van der Waals surface area contributed by atoms with Gasteiger partial charge in [0.25, 0.3) is 5.56 Å². The molecule has 1 heterocycles. The number of pyridine rings is 1. The SMILES string of the molecule is CCC(C)n1c(-c2ccccc2OC(C)C)ccc(N)c1=O. The minimum absolute atomic E-state index is 0.0677. The van der Waals surface area contributed by atoms with Gasteiger partial charge >= 0.3 is 0 Å². The highest BCUT2D eigenvalue weighted by Crippen LogP contribution is 2.32. The van der Waals surface area contributed by atoms with E-state index in [1.165, 1.54) is 0 Å². The summed E-state index contributed by atoms with van der Waals surface area (Å²) in [6.45, 7) is 8.06. The van der Waals surface area contributed by atoms with Gasteiger partial charge < -0.3 is 15.0 Å². The molecule has 0 amide bonds. The fraction of sp³-hybridized carbons (Fsp3) is 0.389. The first-order valence-corrected chi connectivity index (χ1v) is 7.72. The van der Waals surface area contributed by atoms with Gasteiger partial charge in [-0.3, -0.25) is 4.79 Å². The van der Waals surface area contributed by atoms with Gasteiger partial charge in [-0.1, -0.05) is 19.1 Å². The first-order valence-electron chi connectivity index (χ1n) is 7.72. The zero-order valence-electron chi connectivity index (χ0n) is 13.7.